The lowest BCUT2D eigenvalue weighted by molar-refractivity contribution is 0.990. The molecule has 2 rings (SSSR count). The fourth-order valence-electron chi connectivity index (χ4n) is 0.986. The zero-order valence-electron chi connectivity index (χ0n) is 7.34. The number of rotatable bonds is 3. The zero-order valence-corrected chi connectivity index (χ0v) is 8.16. The van der Waals surface area contributed by atoms with Gasteiger partial charge in [-0.3, -0.25) is 0 Å². The molecule has 3 N–H and O–H groups in total. The molecule has 6 heteroatoms. The van der Waals surface area contributed by atoms with Crippen LogP contribution in [-0.2, 0) is 6.54 Å². The van der Waals surface area contributed by atoms with Crippen LogP contribution in [-0.4, -0.2) is 14.6 Å². The van der Waals surface area contributed by atoms with Crippen LogP contribution in [0.25, 0.3) is 0 Å². The van der Waals surface area contributed by atoms with Crippen LogP contribution in [0.3, 0.4) is 0 Å². The second kappa shape index (κ2) is 4.01. The Balaban J connectivity index is 1.98. The van der Waals surface area contributed by atoms with Crippen LogP contribution in [0.5, 0.6) is 0 Å². The summed E-state index contributed by atoms with van der Waals surface area (Å²) >= 11 is 1.33. The number of pyridine rings is 1. The molecule has 2 aromatic heterocycles. The standard InChI is InChI=1S/C8H9N5S/c9-6-1-2-10-8(3-6)11-4-7-5-14-13-12-7/h1-3,5H,4H2,(H3,9,10,11). The Kier molecular flexibility index (Phi) is 2.55. The summed E-state index contributed by atoms with van der Waals surface area (Å²) in [6.07, 6.45) is 1.66. The normalized spacial score (nSPS) is 10.0. The molecule has 0 aliphatic carbocycles. The number of nitrogens with one attached hydrogen (secondary N) is 1. The zero-order chi connectivity index (χ0) is 9.80. The predicted molar refractivity (Wildman–Crippen MR) is 55.9 cm³/mol. The van der Waals surface area contributed by atoms with E-state index in [1.165, 1.54) is 11.5 Å². The molecule has 0 aromatic carbocycles. The Hall–Kier alpha value is -1.69. The topological polar surface area (TPSA) is 76.7 Å². The van der Waals surface area contributed by atoms with Crippen molar-refractivity contribution in [2.45, 2.75) is 6.54 Å². The van der Waals surface area contributed by atoms with E-state index in [4.69, 9.17) is 5.73 Å². The second-order valence-corrected chi connectivity index (χ2v) is 3.33. The summed E-state index contributed by atoms with van der Waals surface area (Å²) < 4.78 is 3.76. The highest BCUT2D eigenvalue weighted by Crippen LogP contribution is 2.09. The van der Waals surface area contributed by atoms with Crippen molar-refractivity contribution in [3.8, 4) is 0 Å². The first-order valence-corrected chi connectivity index (χ1v) is 4.89. The Morgan fingerprint density at radius 1 is 1.50 bits per heavy atom. The molecule has 5 nitrogen and oxygen atoms in total. The molecule has 0 atom stereocenters. The lowest BCUT2D eigenvalue weighted by Crippen LogP contribution is -2.02. The monoisotopic (exact) mass is 207 g/mol. The molecular formula is C8H9N5S. The summed E-state index contributed by atoms with van der Waals surface area (Å²) in [7, 11) is 0. The minimum atomic E-state index is 0.618. The van der Waals surface area contributed by atoms with Crippen molar-refractivity contribution in [2.75, 3.05) is 11.1 Å². The van der Waals surface area contributed by atoms with E-state index < -0.39 is 0 Å². The molecule has 2 aromatic rings. The molecule has 0 radical (unpaired) electrons. The summed E-state index contributed by atoms with van der Waals surface area (Å²) in [5, 5.41) is 8.89. The minimum Gasteiger partial charge on any atom is -0.399 e. The lowest BCUT2D eigenvalue weighted by Gasteiger charge is -2.02. The maximum Gasteiger partial charge on any atom is 0.128 e. The van der Waals surface area contributed by atoms with Gasteiger partial charge in [-0.05, 0) is 17.6 Å². The average molecular weight is 207 g/mol. The molecule has 0 unspecified atom stereocenters. The van der Waals surface area contributed by atoms with Gasteiger partial charge in [0.05, 0.1) is 12.2 Å². The summed E-state index contributed by atoms with van der Waals surface area (Å²) in [6.45, 7) is 0.618. The van der Waals surface area contributed by atoms with E-state index in [9.17, 15) is 0 Å². The van der Waals surface area contributed by atoms with Gasteiger partial charge >= 0.3 is 0 Å². The van der Waals surface area contributed by atoms with E-state index in [-0.39, 0.29) is 0 Å². The second-order valence-electron chi connectivity index (χ2n) is 2.72. The minimum absolute atomic E-state index is 0.618. The van der Waals surface area contributed by atoms with Gasteiger partial charge in [0.15, 0.2) is 0 Å². The summed E-state index contributed by atoms with van der Waals surface area (Å²) in [5.41, 5.74) is 7.20. The van der Waals surface area contributed by atoms with Crippen LogP contribution in [0, 0.1) is 0 Å². The average Bonchev–Trinajstić information content (AvgIpc) is 2.67. The van der Waals surface area contributed by atoms with E-state index in [0.29, 0.717) is 12.2 Å². The van der Waals surface area contributed by atoms with Gasteiger partial charge in [-0.15, -0.1) is 5.10 Å². The molecule has 0 saturated heterocycles. The number of hydrogen-bond donors (Lipinski definition) is 2. The van der Waals surface area contributed by atoms with E-state index >= 15 is 0 Å². The van der Waals surface area contributed by atoms with Gasteiger partial charge in [-0.25, -0.2) is 4.98 Å². The Bertz CT molecular complexity index is 400. The Labute approximate surface area is 85.2 Å². The fourth-order valence-corrected chi connectivity index (χ4v) is 1.44. The van der Waals surface area contributed by atoms with Crippen LogP contribution in [0.2, 0.25) is 0 Å². The Morgan fingerprint density at radius 3 is 3.14 bits per heavy atom. The molecule has 0 aliphatic rings. The molecule has 2 heterocycles. The van der Waals surface area contributed by atoms with E-state index in [1.807, 2.05) is 5.38 Å². The van der Waals surface area contributed by atoms with Crippen molar-refractivity contribution in [1.82, 2.24) is 14.6 Å². The first kappa shape index (κ1) is 8.89. The van der Waals surface area contributed by atoms with Crippen molar-refractivity contribution in [1.29, 1.82) is 0 Å². The molecule has 0 fully saturated rings. The highest BCUT2D eigenvalue weighted by atomic mass is 32.1. The predicted octanol–water partition coefficient (Wildman–Crippen LogP) is 1.13. The first-order chi connectivity index (χ1) is 6.84. The molecule has 0 saturated carbocycles. The van der Waals surface area contributed by atoms with Gasteiger partial charge in [-0.2, -0.15) is 0 Å². The number of nitrogen functional groups attached to an aromatic ring is 1. The highest BCUT2D eigenvalue weighted by Gasteiger charge is 1.97. The Morgan fingerprint density at radius 2 is 2.43 bits per heavy atom. The van der Waals surface area contributed by atoms with Gasteiger partial charge in [0.25, 0.3) is 0 Å². The SMILES string of the molecule is Nc1ccnc(NCc2csnn2)c1. The van der Waals surface area contributed by atoms with Gasteiger partial charge < -0.3 is 11.1 Å². The van der Waals surface area contributed by atoms with Crippen LogP contribution in [0.1, 0.15) is 5.69 Å². The first-order valence-electron chi connectivity index (χ1n) is 4.06. The van der Waals surface area contributed by atoms with Crippen LogP contribution in [0.15, 0.2) is 23.7 Å². The number of anilines is 2. The van der Waals surface area contributed by atoms with Gasteiger partial charge in [0, 0.05) is 23.3 Å². The number of nitrogens with two attached hydrogens (primary N) is 1. The van der Waals surface area contributed by atoms with Crippen LogP contribution in [0.4, 0.5) is 11.5 Å². The van der Waals surface area contributed by atoms with Crippen LogP contribution >= 0.6 is 11.5 Å². The lowest BCUT2D eigenvalue weighted by atomic mass is 10.4. The molecule has 72 valence electrons. The van der Waals surface area contributed by atoms with Crippen molar-refractivity contribution >= 4 is 23.0 Å². The van der Waals surface area contributed by atoms with Crippen molar-refractivity contribution in [2.24, 2.45) is 0 Å². The summed E-state index contributed by atoms with van der Waals surface area (Å²) in [5.74, 6) is 0.748. The highest BCUT2D eigenvalue weighted by molar-refractivity contribution is 7.03. The van der Waals surface area contributed by atoms with Gasteiger partial charge in [-0.1, -0.05) is 4.49 Å². The third-order valence-electron chi connectivity index (χ3n) is 1.64. The maximum atomic E-state index is 5.60. The van der Waals surface area contributed by atoms with E-state index in [2.05, 4.69) is 19.9 Å². The maximum absolute atomic E-state index is 5.60. The molecule has 14 heavy (non-hydrogen) atoms. The molecule has 0 bridgehead atoms. The number of nitrogens with zero attached hydrogens (tertiary/aromatic N) is 3. The smallest absolute Gasteiger partial charge is 0.128 e. The molecule has 0 spiro atoms. The number of hydrogen-bond acceptors (Lipinski definition) is 6. The quantitative estimate of drug-likeness (QED) is 0.788. The summed E-state index contributed by atoms with van der Waals surface area (Å²) in [6, 6.07) is 3.52. The summed E-state index contributed by atoms with van der Waals surface area (Å²) in [4.78, 5) is 4.10. The van der Waals surface area contributed by atoms with E-state index in [0.717, 1.165) is 11.5 Å². The van der Waals surface area contributed by atoms with Crippen molar-refractivity contribution < 1.29 is 0 Å². The van der Waals surface area contributed by atoms with Crippen molar-refractivity contribution in [3.05, 3.63) is 29.4 Å². The van der Waals surface area contributed by atoms with Gasteiger partial charge in [0.1, 0.15) is 5.82 Å². The van der Waals surface area contributed by atoms with Crippen LogP contribution < -0.4 is 11.1 Å². The third kappa shape index (κ3) is 2.17. The molecular weight excluding hydrogens is 198 g/mol. The molecule has 0 amide bonds. The van der Waals surface area contributed by atoms with E-state index in [1.54, 1.807) is 18.3 Å². The third-order valence-corrected chi connectivity index (χ3v) is 2.19. The number of aromatic nitrogens is 3. The van der Waals surface area contributed by atoms with Gasteiger partial charge in [0.2, 0.25) is 0 Å². The largest absolute Gasteiger partial charge is 0.399 e. The fraction of sp³-hybridized carbons (Fsp3) is 0.125. The molecule has 0 aliphatic heterocycles. The van der Waals surface area contributed by atoms with Crippen molar-refractivity contribution in [3.63, 3.8) is 0 Å².